The number of para-hydroxylation sites is 1. The summed E-state index contributed by atoms with van der Waals surface area (Å²) in [6, 6.07) is 15.2. The van der Waals surface area contributed by atoms with Crippen molar-refractivity contribution in [1.29, 1.82) is 0 Å². The summed E-state index contributed by atoms with van der Waals surface area (Å²) in [6.45, 7) is 3.81. The second-order valence-electron chi connectivity index (χ2n) is 7.01. The molecule has 0 aliphatic carbocycles. The number of piperidine rings is 1. The molecule has 1 saturated heterocycles. The maximum atomic E-state index is 12.9. The van der Waals surface area contributed by atoms with Gasteiger partial charge in [-0.25, -0.2) is 0 Å². The van der Waals surface area contributed by atoms with Crippen LogP contribution in [-0.2, 0) is 9.59 Å². The number of carbonyl (C=O) groups is 2. The highest BCUT2D eigenvalue weighted by Gasteiger charge is 2.51. The van der Waals surface area contributed by atoms with E-state index in [0.717, 1.165) is 16.9 Å². The minimum atomic E-state index is -0.779. The van der Waals surface area contributed by atoms with Crippen molar-refractivity contribution in [3.05, 3.63) is 59.7 Å². The molecule has 1 fully saturated rings. The Bertz CT molecular complexity index is 864. The van der Waals surface area contributed by atoms with E-state index < -0.39 is 11.6 Å². The van der Waals surface area contributed by atoms with Crippen LogP contribution in [-0.4, -0.2) is 17.5 Å². The van der Waals surface area contributed by atoms with Gasteiger partial charge in [-0.2, -0.15) is 0 Å². The topological polar surface area (TPSA) is 67.4 Å². The van der Waals surface area contributed by atoms with Crippen LogP contribution in [0.3, 0.4) is 0 Å². The van der Waals surface area contributed by atoms with Crippen molar-refractivity contribution in [1.82, 2.24) is 5.32 Å². The first-order chi connectivity index (χ1) is 12.0. The van der Waals surface area contributed by atoms with Crippen molar-refractivity contribution in [2.75, 3.05) is 5.32 Å². The van der Waals surface area contributed by atoms with Gasteiger partial charge in [0, 0.05) is 18.0 Å². The Hall–Kier alpha value is -2.82. The molecule has 2 aliphatic heterocycles. The lowest BCUT2D eigenvalue weighted by Gasteiger charge is -2.46. The number of hydrogen-bond acceptors (Lipinski definition) is 3. The molecule has 0 spiro atoms. The standard InChI is InChI=1S/C20H20N2O3/c1-12-6-5-7-13(10-12)21-18(23)17-15-11-20(2,22-19(17)24)25-16-9-4-3-8-14(15)16/h3-10,15,17H,11H2,1-2H3,(H,21,23)(H,22,24)/t15-,17-,20+/m1/s1. The molecule has 2 N–H and O–H groups in total. The minimum absolute atomic E-state index is 0.200. The maximum Gasteiger partial charge on any atom is 0.237 e. The van der Waals surface area contributed by atoms with Crippen LogP contribution in [0.5, 0.6) is 5.75 Å². The Morgan fingerprint density at radius 3 is 2.84 bits per heavy atom. The molecule has 128 valence electrons. The summed E-state index contributed by atoms with van der Waals surface area (Å²) in [5.74, 6) is -0.827. The summed E-state index contributed by atoms with van der Waals surface area (Å²) in [6.07, 6.45) is 0.571. The van der Waals surface area contributed by atoms with Crippen LogP contribution >= 0.6 is 0 Å². The molecule has 2 aromatic rings. The summed E-state index contributed by atoms with van der Waals surface area (Å²) in [7, 11) is 0. The van der Waals surface area contributed by atoms with Gasteiger partial charge in [0.15, 0.2) is 5.72 Å². The van der Waals surface area contributed by atoms with Crippen molar-refractivity contribution in [3.8, 4) is 5.75 Å². The number of carbonyl (C=O) groups excluding carboxylic acids is 2. The molecule has 5 heteroatoms. The molecule has 2 amide bonds. The smallest absolute Gasteiger partial charge is 0.237 e. The highest BCUT2D eigenvalue weighted by atomic mass is 16.5. The van der Waals surface area contributed by atoms with E-state index in [1.165, 1.54) is 0 Å². The highest BCUT2D eigenvalue weighted by molar-refractivity contribution is 6.08. The zero-order chi connectivity index (χ0) is 17.6. The van der Waals surface area contributed by atoms with Gasteiger partial charge in [-0.15, -0.1) is 0 Å². The van der Waals surface area contributed by atoms with E-state index in [-0.39, 0.29) is 17.7 Å². The summed E-state index contributed by atoms with van der Waals surface area (Å²) in [4.78, 5) is 25.6. The molecule has 0 aromatic heterocycles. The lowest BCUT2D eigenvalue weighted by atomic mass is 9.74. The monoisotopic (exact) mass is 336 g/mol. The summed E-state index contributed by atoms with van der Waals surface area (Å²) in [5.41, 5.74) is 1.90. The van der Waals surface area contributed by atoms with Crippen LogP contribution in [0.2, 0.25) is 0 Å². The molecule has 5 nitrogen and oxygen atoms in total. The minimum Gasteiger partial charge on any atom is -0.468 e. The van der Waals surface area contributed by atoms with Crippen molar-refractivity contribution in [2.45, 2.75) is 31.9 Å². The average molecular weight is 336 g/mol. The fraction of sp³-hybridized carbons (Fsp3) is 0.300. The molecule has 3 atom stereocenters. The van der Waals surface area contributed by atoms with Gasteiger partial charge in [-0.1, -0.05) is 30.3 Å². The van der Waals surface area contributed by atoms with Gasteiger partial charge in [-0.05, 0) is 43.2 Å². The zero-order valence-corrected chi connectivity index (χ0v) is 14.2. The Morgan fingerprint density at radius 1 is 1.24 bits per heavy atom. The molecule has 0 unspecified atom stereocenters. The van der Waals surface area contributed by atoms with Gasteiger partial charge in [0.2, 0.25) is 11.8 Å². The number of rotatable bonds is 2. The van der Waals surface area contributed by atoms with Crippen LogP contribution in [0.25, 0.3) is 0 Å². The molecule has 0 radical (unpaired) electrons. The third-order valence-corrected chi connectivity index (χ3v) is 4.90. The van der Waals surface area contributed by atoms with E-state index in [1.807, 2.05) is 62.4 Å². The number of fused-ring (bicyclic) bond motifs is 4. The SMILES string of the molecule is Cc1cccc(NC(=O)[C@@H]2C(=O)N[C@]3(C)C[C@@H]2c2ccccc2O3)c1. The third-order valence-electron chi connectivity index (χ3n) is 4.90. The number of aryl methyl sites for hydroxylation is 1. The number of nitrogens with one attached hydrogen (secondary N) is 2. The number of ether oxygens (including phenoxy) is 1. The number of benzene rings is 2. The molecule has 25 heavy (non-hydrogen) atoms. The van der Waals surface area contributed by atoms with E-state index in [4.69, 9.17) is 4.74 Å². The van der Waals surface area contributed by atoms with E-state index in [2.05, 4.69) is 10.6 Å². The van der Waals surface area contributed by atoms with Gasteiger partial charge in [-0.3, -0.25) is 9.59 Å². The average Bonchev–Trinajstić information content (AvgIpc) is 2.53. The van der Waals surface area contributed by atoms with Gasteiger partial charge < -0.3 is 15.4 Å². The molecule has 2 aromatic carbocycles. The first-order valence-electron chi connectivity index (χ1n) is 8.43. The largest absolute Gasteiger partial charge is 0.468 e. The van der Waals surface area contributed by atoms with Crippen LogP contribution in [0, 0.1) is 12.8 Å². The first kappa shape index (κ1) is 15.7. The lowest BCUT2D eigenvalue weighted by molar-refractivity contribution is -0.145. The van der Waals surface area contributed by atoms with E-state index in [9.17, 15) is 9.59 Å². The molecular weight excluding hydrogens is 316 g/mol. The van der Waals surface area contributed by atoms with Crippen molar-refractivity contribution < 1.29 is 14.3 Å². The first-order valence-corrected chi connectivity index (χ1v) is 8.43. The Labute approximate surface area is 146 Å². The quantitative estimate of drug-likeness (QED) is 0.829. The van der Waals surface area contributed by atoms with E-state index >= 15 is 0 Å². The van der Waals surface area contributed by atoms with Gasteiger partial charge in [0.25, 0.3) is 0 Å². The van der Waals surface area contributed by atoms with Gasteiger partial charge >= 0.3 is 0 Å². The predicted molar refractivity (Wildman–Crippen MR) is 94.3 cm³/mol. The van der Waals surface area contributed by atoms with Crippen molar-refractivity contribution in [2.24, 2.45) is 5.92 Å². The number of amides is 2. The van der Waals surface area contributed by atoms with E-state index in [0.29, 0.717) is 12.1 Å². The molecule has 2 heterocycles. The Kier molecular flexibility index (Phi) is 3.53. The van der Waals surface area contributed by atoms with Crippen LogP contribution in [0.1, 0.15) is 30.4 Å². The third kappa shape index (κ3) is 2.76. The Balaban J connectivity index is 1.67. The lowest BCUT2D eigenvalue weighted by Crippen LogP contribution is -2.62. The van der Waals surface area contributed by atoms with Crippen molar-refractivity contribution in [3.63, 3.8) is 0 Å². The zero-order valence-electron chi connectivity index (χ0n) is 14.2. The maximum absolute atomic E-state index is 12.9. The fourth-order valence-corrected chi connectivity index (χ4v) is 3.83. The fourth-order valence-electron chi connectivity index (χ4n) is 3.83. The molecule has 2 bridgehead atoms. The normalized spacial score (nSPS) is 26.9. The highest BCUT2D eigenvalue weighted by Crippen LogP contribution is 2.46. The predicted octanol–water partition coefficient (Wildman–Crippen LogP) is 2.96. The summed E-state index contributed by atoms with van der Waals surface area (Å²) >= 11 is 0. The molecule has 4 rings (SSSR count). The Morgan fingerprint density at radius 2 is 2.04 bits per heavy atom. The molecular formula is C20H20N2O3. The van der Waals surface area contributed by atoms with E-state index in [1.54, 1.807) is 0 Å². The second-order valence-corrected chi connectivity index (χ2v) is 7.01. The van der Waals surface area contributed by atoms with Crippen LogP contribution in [0.15, 0.2) is 48.5 Å². The molecule has 2 aliphatic rings. The van der Waals surface area contributed by atoms with Crippen LogP contribution < -0.4 is 15.4 Å². The van der Waals surface area contributed by atoms with Crippen molar-refractivity contribution >= 4 is 17.5 Å². The number of hydrogen-bond donors (Lipinski definition) is 2. The summed E-state index contributed by atoms with van der Waals surface area (Å²) < 4.78 is 5.96. The van der Waals surface area contributed by atoms with Gasteiger partial charge in [0.05, 0.1) is 0 Å². The van der Waals surface area contributed by atoms with Gasteiger partial charge in [0.1, 0.15) is 11.7 Å². The number of anilines is 1. The van der Waals surface area contributed by atoms with Crippen LogP contribution in [0.4, 0.5) is 5.69 Å². The summed E-state index contributed by atoms with van der Waals surface area (Å²) in [5, 5.41) is 5.76. The second kappa shape index (κ2) is 5.62. The molecule has 0 saturated carbocycles.